The number of pyridine rings is 1. The Kier molecular flexibility index (Phi) is 8.59. The number of hydrogen-bond acceptors (Lipinski definition) is 8. The summed E-state index contributed by atoms with van der Waals surface area (Å²) >= 11 is 1.30. The number of rotatable bonds is 11. The molecule has 1 amide bonds. The van der Waals surface area contributed by atoms with Crippen LogP contribution in [0.1, 0.15) is 43.6 Å². The number of anilines is 1. The van der Waals surface area contributed by atoms with Crippen molar-refractivity contribution in [1.82, 2.24) is 19.6 Å². The fraction of sp³-hybridized carbons (Fsp3) is 0.393. The molecule has 0 radical (unpaired) electrons. The number of nitrogens with one attached hydrogen (secondary N) is 2. The maximum Gasteiger partial charge on any atom is 0.240 e. The zero-order chi connectivity index (χ0) is 27.2. The van der Waals surface area contributed by atoms with Gasteiger partial charge in [0.1, 0.15) is 10.3 Å². The topological polar surface area (TPSA) is 114 Å². The van der Waals surface area contributed by atoms with Crippen molar-refractivity contribution in [2.75, 3.05) is 32.1 Å². The van der Waals surface area contributed by atoms with Gasteiger partial charge in [-0.05, 0) is 48.4 Å². The number of carbonyl (C=O) groups excluding carboxylic acids is 1. The predicted molar refractivity (Wildman–Crippen MR) is 153 cm³/mol. The number of sulfonamides is 1. The Bertz CT molecular complexity index is 1460. The number of hydrogen-bond donors (Lipinski definition) is 2. The SMILES string of the molecule is COc1ccc2nc(NC(=O)C(CC3CCCC3)c3ccc(S(=O)(=O)NCCN4C=CC=CC4)cc3)sc2n1. The number of carbonyl (C=O) groups is 1. The van der Waals surface area contributed by atoms with Gasteiger partial charge in [0.2, 0.25) is 21.8 Å². The summed E-state index contributed by atoms with van der Waals surface area (Å²) in [5.74, 6) is 0.399. The highest BCUT2D eigenvalue weighted by molar-refractivity contribution is 7.89. The number of methoxy groups -OCH3 is 1. The van der Waals surface area contributed by atoms with Crippen LogP contribution in [-0.4, -0.2) is 55.9 Å². The molecule has 5 rings (SSSR count). The van der Waals surface area contributed by atoms with Crippen LogP contribution in [-0.2, 0) is 14.8 Å². The highest BCUT2D eigenvalue weighted by Crippen LogP contribution is 2.36. The van der Waals surface area contributed by atoms with E-state index in [0.29, 0.717) is 46.8 Å². The van der Waals surface area contributed by atoms with Gasteiger partial charge < -0.3 is 15.0 Å². The summed E-state index contributed by atoms with van der Waals surface area (Å²) in [7, 11) is -2.10. The molecule has 2 aliphatic rings. The smallest absolute Gasteiger partial charge is 0.240 e. The summed E-state index contributed by atoms with van der Waals surface area (Å²) in [6.45, 7) is 1.65. The summed E-state index contributed by atoms with van der Waals surface area (Å²) in [6.07, 6.45) is 13.1. The minimum absolute atomic E-state index is 0.148. The molecule has 1 aliphatic carbocycles. The lowest BCUT2D eigenvalue weighted by molar-refractivity contribution is -0.118. The average molecular weight is 568 g/mol. The summed E-state index contributed by atoms with van der Waals surface area (Å²) in [6, 6.07) is 10.3. The molecule has 1 saturated carbocycles. The maximum absolute atomic E-state index is 13.5. The second-order valence-electron chi connectivity index (χ2n) is 9.86. The molecule has 1 unspecified atom stereocenters. The van der Waals surface area contributed by atoms with E-state index in [1.54, 1.807) is 37.4 Å². The zero-order valence-electron chi connectivity index (χ0n) is 21.9. The van der Waals surface area contributed by atoms with Crippen molar-refractivity contribution in [2.24, 2.45) is 5.92 Å². The molecule has 0 bridgehead atoms. The van der Waals surface area contributed by atoms with Crippen LogP contribution in [0, 0.1) is 5.92 Å². The first-order valence-corrected chi connectivity index (χ1v) is 15.5. The van der Waals surface area contributed by atoms with E-state index in [0.717, 1.165) is 24.9 Å². The van der Waals surface area contributed by atoms with E-state index in [1.807, 2.05) is 35.4 Å². The highest BCUT2D eigenvalue weighted by atomic mass is 32.2. The molecule has 0 spiro atoms. The average Bonchev–Trinajstić information content (AvgIpc) is 3.61. The summed E-state index contributed by atoms with van der Waals surface area (Å²) in [5.41, 5.74) is 1.49. The summed E-state index contributed by atoms with van der Waals surface area (Å²) in [5, 5.41) is 3.47. The van der Waals surface area contributed by atoms with Crippen molar-refractivity contribution in [3.63, 3.8) is 0 Å². The third-order valence-electron chi connectivity index (χ3n) is 7.20. The first-order chi connectivity index (χ1) is 18.9. The van der Waals surface area contributed by atoms with Crippen LogP contribution in [0.15, 0.2) is 65.7 Å². The van der Waals surface area contributed by atoms with Gasteiger partial charge in [-0.2, -0.15) is 0 Å². The largest absolute Gasteiger partial charge is 0.481 e. The van der Waals surface area contributed by atoms with Crippen molar-refractivity contribution in [1.29, 1.82) is 0 Å². The zero-order valence-corrected chi connectivity index (χ0v) is 23.5. The molecule has 2 aromatic heterocycles. The van der Waals surface area contributed by atoms with Crippen LogP contribution in [0.2, 0.25) is 0 Å². The normalized spacial score (nSPS) is 16.6. The molecular weight excluding hydrogens is 534 g/mol. The van der Waals surface area contributed by atoms with E-state index in [-0.39, 0.29) is 10.8 Å². The first-order valence-electron chi connectivity index (χ1n) is 13.2. The van der Waals surface area contributed by atoms with E-state index in [1.165, 1.54) is 24.2 Å². The Morgan fingerprint density at radius 3 is 2.64 bits per heavy atom. The molecule has 2 N–H and O–H groups in total. The minimum atomic E-state index is -3.66. The second-order valence-corrected chi connectivity index (χ2v) is 12.6. The van der Waals surface area contributed by atoms with Gasteiger partial charge in [-0.1, -0.05) is 61.3 Å². The molecule has 9 nitrogen and oxygen atoms in total. The van der Waals surface area contributed by atoms with Gasteiger partial charge in [-0.15, -0.1) is 0 Å². The fourth-order valence-corrected chi connectivity index (χ4v) is 6.95. The van der Waals surface area contributed by atoms with Gasteiger partial charge in [-0.25, -0.2) is 23.1 Å². The molecule has 1 aromatic carbocycles. The monoisotopic (exact) mass is 567 g/mol. The molecule has 1 aliphatic heterocycles. The molecule has 3 heterocycles. The number of benzene rings is 1. The third kappa shape index (κ3) is 6.84. The lowest BCUT2D eigenvalue weighted by Crippen LogP contribution is -2.33. The van der Waals surface area contributed by atoms with Crippen molar-refractivity contribution in [3.05, 3.63) is 66.4 Å². The Labute approximate surface area is 233 Å². The lowest BCUT2D eigenvalue weighted by Gasteiger charge is -2.21. The second kappa shape index (κ2) is 12.3. The molecule has 1 fully saturated rings. The number of amides is 1. The van der Waals surface area contributed by atoms with Crippen molar-refractivity contribution < 1.29 is 17.9 Å². The van der Waals surface area contributed by atoms with E-state index in [9.17, 15) is 13.2 Å². The van der Waals surface area contributed by atoms with E-state index in [2.05, 4.69) is 20.0 Å². The quantitative estimate of drug-likeness (QED) is 0.346. The summed E-state index contributed by atoms with van der Waals surface area (Å²) in [4.78, 5) is 25.4. The van der Waals surface area contributed by atoms with Gasteiger partial charge in [0, 0.05) is 25.7 Å². The molecule has 0 saturated heterocycles. The number of ether oxygens (including phenoxy) is 1. The Morgan fingerprint density at radius 2 is 1.92 bits per heavy atom. The minimum Gasteiger partial charge on any atom is -0.481 e. The molecule has 206 valence electrons. The Morgan fingerprint density at radius 1 is 1.13 bits per heavy atom. The fourth-order valence-electron chi connectivity index (χ4n) is 5.09. The number of thiazole rings is 1. The predicted octanol–water partition coefficient (Wildman–Crippen LogP) is 4.67. The van der Waals surface area contributed by atoms with Crippen LogP contribution >= 0.6 is 11.3 Å². The maximum atomic E-state index is 13.5. The third-order valence-corrected chi connectivity index (χ3v) is 9.55. The molecular formula is C28H33N5O4S2. The van der Waals surface area contributed by atoms with Crippen LogP contribution in [0.3, 0.4) is 0 Å². The van der Waals surface area contributed by atoms with Gasteiger partial charge in [-0.3, -0.25) is 4.79 Å². The van der Waals surface area contributed by atoms with Crippen LogP contribution < -0.4 is 14.8 Å². The molecule has 3 aromatic rings. The van der Waals surface area contributed by atoms with Crippen molar-refractivity contribution in [2.45, 2.75) is 42.9 Å². The van der Waals surface area contributed by atoms with E-state index < -0.39 is 15.9 Å². The van der Waals surface area contributed by atoms with Gasteiger partial charge >= 0.3 is 0 Å². The highest BCUT2D eigenvalue weighted by Gasteiger charge is 2.28. The Hall–Kier alpha value is -3.28. The van der Waals surface area contributed by atoms with Crippen LogP contribution in [0.25, 0.3) is 10.3 Å². The lowest BCUT2D eigenvalue weighted by atomic mass is 9.87. The molecule has 39 heavy (non-hydrogen) atoms. The number of aromatic nitrogens is 2. The van der Waals surface area contributed by atoms with Gasteiger partial charge in [0.15, 0.2) is 5.13 Å². The van der Waals surface area contributed by atoms with Gasteiger partial charge in [0.05, 0.1) is 17.9 Å². The van der Waals surface area contributed by atoms with Crippen LogP contribution in [0.4, 0.5) is 5.13 Å². The number of fused-ring (bicyclic) bond motifs is 1. The van der Waals surface area contributed by atoms with E-state index in [4.69, 9.17) is 4.74 Å². The molecule has 11 heteroatoms. The Balaban J connectivity index is 1.29. The van der Waals surface area contributed by atoms with E-state index >= 15 is 0 Å². The first kappa shape index (κ1) is 27.3. The van der Waals surface area contributed by atoms with Gasteiger partial charge in [0.25, 0.3) is 0 Å². The molecule has 1 atom stereocenters. The standard InChI is InChI=1S/C28H33N5O4S2/c1-37-25-14-13-24-27(31-25)38-28(30-24)32-26(34)23(19-20-7-3-4-8-20)21-9-11-22(12-10-21)39(35,36)29-15-18-33-16-5-2-6-17-33/h2,5-6,9-14,16,20,23,29H,3-4,7-8,15,17-19H2,1H3,(H,30,32,34). The number of nitrogens with zero attached hydrogens (tertiary/aromatic N) is 3. The van der Waals surface area contributed by atoms with Crippen molar-refractivity contribution >= 4 is 42.7 Å². The van der Waals surface area contributed by atoms with Crippen LogP contribution in [0.5, 0.6) is 5.88 Å². The van der Waals surface area contributed by atoms with Crippen molar-refractivity contribution in [3.8, 4) is 5.88 Å². The number of allylic oxidation sites excluding steroid dienone is 2. The summed E-state index contributed by atoms with van der Waals surface area (Å²) < 4.78 is 33.6.